The predicted molar refractivity (Wildman–Crippen MR) is 60.9 cm³/mol. The van der Waals surface area contributed by atoms with Crippen molar-refractivity contribution in [3.8, 4) is 0 Å². The third-order valence-electron chi connectivity index (χ3n) is 3.12. The Bertz CT molecular complexity index is 381. The molecule has 0 radical (unpaired) electrons. The zero-order valence-electron chi connectivity index (χ0n) is 9.01. The Kier molecular flexibility index (Phi) is 3.17. The van der Waals surface area contributed by atoms with Crippen molar-refractivity contribution in [2.45, 2.75) is 25.3 Å². The Hall–Kier alpha value is -0.670. The zero-order valence-corrected chi connectivity index (χ0v) is 9.77. The molecular weight excluding hydrogens is 232 g/mol. The summed E-state index contributed by atoms with van der Waals surface area (Å²) in [6.07, 6.45) is -0.158. The van der Waals surface area contributed by atoms with Crippen molar-refractivity contribution in [2.24, 2.45) is 5.92 Å². The summed E-state index contributed by atoms with van der Waals surface area (Å²) < 4.78 is 27.1. The largest absolute Gasteiger partial charge is 0.309 e. The third-order valence-corrected chi connectivity index (χ3v) is 3.35. The third kappa shape index (κ3) is 2.36. The van der Waals surface area contributed by atoms with Crippen LogP contribution in [0.1, 0.15) is 24.9 Å². The molecule has 1 fully saturated rings. The highest BCUT2D eigenvalue weighted by Crippen LogP contribution is 2.38. The van der Waals surface area contributed by atoms with E-state index in [1.54, 1.807) is 25.1 Å². The molecule has 16 heavy (non-hydrogen) atoms. The van der Waals surface area contributed by atoms with Crippen LogP contribution in [-0.2, 0) is 0 Å². The summed E-state index contributed by atoms with van der Waals surface area (Å²) >= 11 is 5.85. The van der Waals surface area contributed by atoms with E-state index >= 15 is 0 Å². The Balaban J connectivity index is 2.18. The van der Waals surface area contributed by atoms with Gasteiger partial charge in [-0.1, -0.05) is 30.7 Å². The molecule has 0 spiro atoms. The summed E-state index contributed by atoms with van der Waals surface area (Å²) in [7, 11) is 0. The molecule has 0 aromatic heterocycles. The van der Waals surface area contributed by atoms with Crippen LogP contribution in [0.4, 0.5) is 8.78 Å². The van der Waals surface area contributed by atoms with Crippen LogP contribution in [0, 0.1) is 5.92 Å². The fraction of sp³-hybridized carbons (Fsp3) is 0.500. The average Bonchev–Trinajstić information content (AvgIpc) is 2.22. The predicted octanol–water partition coefficient (Wildman–Crippen LogP) is 3.65. The molecule has 1 heterocycles. The fourth-order valence-corrected chi connectivity index (χ4v) is 2.17. The minimum absolute atomic E-state index is 0.158. The van der Waals surface area contributed by atoms with Gasteiger partial charge >= 0.3 is 0 Å². The highest BCUT2D eigenvalue weighted by atomic mass is 35.5. The first-order valence-corrected chi connectivity index (χ1v) is 5.73. The van der Waals surface area contributed by atoms with Crippen molar-refractivity contribution < 1.29 is 8.78 Å². The summed E-state index contributed by atoms with van der Waals surface area (Å²) in [5.74, 6) is -3.21. The number of piperidine rings is 1. The molecule has 1 saturated heterocycles. The van der Waals surface area contributed by atoms with Crippen LogP contribution < -0.4 is 5.32 Å². The number of halogens is 3. The highest BCUT2D eigenvalue weighted by molar-refractivity contribution is 6.30. The minimum atomic E-state index is -2.60. The summed E-state index contributed by atoms with van der Waals surface area (Å²) in [6.45, 7) is 1.91. The van der Waals surface area contributed by atoms with Crippen LogP contribution in [0.25, 0.3) is 0 Å². The van der Waals surface area contributed by atoms with Gasteiger partial charge in [0.25, 0.3) is 5.92 Å². The molecule has 4 heteroatoms. The van der Waals surface area contributed by atoms with E-state index in [0.717, 1.165) is 5.56 Å². The van der Waals surface area contributed by atoms with Crippen molar-refractivity contribution >= 4 is 11.6 Å². The molecule has 1 aromatic carbocycles. The van der Waals surface area contributed by atoms with Crippen LogP contribution in [0.3, 0.4) is 0 Å². The van der Waals surface area contributed by atoms with E-state index in [4.69, 9.17) is 11.6 Å². The normalized spacial score (nSPS) is 29.0. The standard InChI is InChI=1S/C12H14ClF2N/c1-8-7-16-11(6-12(8,14)15)9-3-2-4-10(13)5-9/h2-5,8,11,16H,6-7H2,1H3/t8-,11-/m1/s1. The Morgan fingerprint density at radius 1 is 1.44 bits per heavy atom. The molecule has 1 aliphatic rings. The average molecular weight is 246 g/mol. The molecule has 1 aromatic rings. The quantitative estimate of drug-likeness (QED) is 0.797. The van der Waals surface area contributed by atoms with E-state index in [0.29, 0.717) is 11.6 Å². The second-order valence-corrected chi connectivity index (χ2v) is 4.82. The lowest BCUT2D eigenvalue weighted by Gasteiger charge is -2.35. The first-order valence-electron chi connectivity index (χ1n) is 5.36. The number of benzene rings is 1. The Morgan fingerprint density at radius 2 is 2.19 bits per heavy atom. The van der Waals surface area contributed by atoms with Gasteiger partial charge in [0.1, 0.15) is 0 Å². The van der Waals surface area contributed by atoms with Gasteiger partial charge in [-0.3, -0.25) is 0 Å². The van der Waals surface area contributed by atoms with Crippen LogP contribution in [0.5, 0.6) is 0 Å². The van der Waals surface area contributed by atoms with Gasteiger partial charge in [-0.05, 0) is 17.7 Å². The van der Waals surface area contributed by atoms with Crippen molar-refractivity contribution in [3.63, 3.8) is 0 Å². The monoisotopic (exact) mass is 245 g/mol. The van der Waals surface area contributed by atoms with Crippen molar-refractivity contribution in [1.29, 1.82) is 0 Å². The van der Waals surface area contributed by atoms with Gasteiger partial charge in [0, 0.05) is 29.9 Å². The number of rotatable bonds is 1. The summed E-state index contributed by atoms with van der Waals surface area (Å²) in [6, 6.07) is 6.80. The van der Waals surface area contributed by atoms with Gasteiger partial charge in [-0.15, -0.1) is 0 Å². The summed E-state index contributed by atoms with van der Waals surface area (Å²) in [5.41, 5.74) is 0.832. The first-order chi connectivity index (χ1) is 7.49. The Morgan fingerprint density at radius 3 is 2.81 bits per heavy atom. The molecule has 0 bridgehead atoms. The van der Waals surface area contributed by atoms with E-state index in [1.807, 2.05) is 6.07 Å². The lowest BCUT2D eigenvalue weighted by atomic mass is 9.88. The molecule has 1 N–H and O–H groups in total. The van der Waals surface area contributed by atoms with Crippen LogP contribution in [-0.4, -0.2) is 12.5 Å². The van der Waals surface area contributed by atoms with Gasteiger partial charge in [0.2, 0.25) is 0 Å². The maximum absolute atomic E-state index is 13.6. The van der Waals surface area contributed by atoms with Crippen LogP contribution >= 0.6 is 11.6 Å². The maximum atomic E-state index is 13.6. The lowest BCUT2D eigenvalue weighted by Crippen LogP contribution is -2.44. The number of hydrogen-bond donors (Lipinski definition) is 1. The Labute approximate surface area is 98.8 Å². The molecule has 0 amide bonds. The van der Waals surface area contributed by atoms with E-state index in [2.05, 4.69) is 5.32 Å². The molecule has 1 aliphatic heterocycles. The molecule has 88 valence electrons. The van der Waals surface area contributed by atoms with Gasteiger partial charge < -0.3 is 5.32 Å². The topological polar surface area (TPSA) is 12.0 Å². The number of hydrogen-bond acceptors (Lipinski definition) is 1. The molecule has 0 unspecified atom stereocenters. The second kappa shape index (κ2) is 4.30. The fourth-order valence-electron chi connectivity index (χ4n) is 1.97. The second-order valence-electron chi connectivity index (χ2n) is 4.38. The van der Waals surface area contributed by atoms with E-state index in [1.165, 1.54) is 0 Å². The summed E-state index contributed by atoms with van der Waals surface area (Å²) in [5, 5.41) is 3.71. The molecule has 1 nitrogen and oxygen atoms in total. The van der Waals surface area contributed by atoms with Gasteiger partial charge in [-0.2, -0.15) is 0 Å². The van der Waals surface area contributed by atoms with Gasteiger partial charge in [0.15, 0.2) is 0 Å². The van der Waals surface area contributed by atoms with Crippen LogP contribution in [0.15, 0.2) is 24.3 Å². The van der Waals surface area contributed by atoms with E-state index in [9.17, 15) is 8.78 Å². The number of alkyl halides is 2. The van der Waals surface area contributed by atoms with Gasteiger partial charge in [-0.25, -0.2) is 8.78 Å². The van der Waals surface area contributed by atoms with Crippen LogP contribution in [0.2, 0.25) is 5.02 Å². The van der Waals surface area contributed by atoms with Crippen molar-refractivity contribution in [1.82, 2.24) is 5.32 Å². The van der Waals surface area contributed by atoms with Crippen molar-refractivity contribution in [2.75, 3.05) is 6.54 Å². The summed E-state index contributed by atoms with van der Waals surface area (Å²) in [4.78, 5) is 0. The minimum Gasteiger partial charge on any atom is -0.309 e. The maximum Gasteiger partial charge on any atom is 0.253 e. The molecule has 2 atom stereocenters. The number of nitrogens with one attached hydrogen (secondary N) is 1. The SMILES string of the molecule is C[C@@H]1CN[C@@H](c2cccc(Cl)c2)CC1(F)F. The molecule has 0 saturated carbocycles. The molecule has 0 aliphatic carbocycles. The highest BCUT2D eigenvalue weighted by Gasteiger charge is 2.42. The van der Waals surface area contributed by atoms with E-state index < -0.39 is 11.8 Å². The zero-order chi connectivity index (χ0) is 11.8. The van der Waals surface area contributed by atoms with E-state index in [-0.39, 0.29) is 12.5 Å². The van der Waals surface area contributed by atoms with Gasteiger partial charge in [0.05, 0.1) is 0 Å². The first kappa shape index (κ1) is 11.8. The van der Waals surface area contributed by atoms with Crippen molar-refractivity contribution in [3.05, 3.63) is 34.9 Å². The lowest BCUT2D eigenvalue weighted by molar-refractivity contribution is -0.0841. The molecule has 2 rings (SSSR count). The molecular formula is C12H14ClF2N. The smallest absolute Gasteiger partial charge is 0.253 e.